The summed E-state index contributed by atoms with van der Waals surface area (Å²) in [7, 11) is 0. The van der Waals surface area contributed by atoms with Gasteiger partial charge in [0.25, 0.3) is 0 Å². The van der Waals surface area contributed by atoms with Gasteiger partial charge in [-0.25, -0.2) is 0 Å². The molecule has 8 heteroatoms. The van der Waals surface area contributed by atoms with Crippen LogP contribution < -0.4 is 5.32 Å². The molecule has 1 aliphatic heterocycles. The van der Waals surface area contributed by atoms with Gasteiger partial charge in [0.05, 0.1) is 32.4 Å². The number of carbonyl (C=O) groups is 2. The summed E-state index contributed by atoms with van der Waals surface area (Å²) in [4.78, 5) is 24.9. The largest absolute Gasteiger partial charge is 0.461 e. The summed E-state index contributed by atoms with van der Waals surface area (Å²) in [5.74, 6) is -0.963. The fraction of sp³-hybridized carbons (Fsp3) is 0.467. The van der Waals surface area contributed by atoms with Crippen molar-refractivity contribution in [2.45, 2.75) is 17.4 Å². The van der Waals surface area contributed by atoms with E-state index in [4.69, 9.17) is 27.9 Å². The first-order valence-corrected chi connectivity index (χ1v) is 9.65. The first kappa shape index (κ1) is 16.2. The molecule has 0 spiro atoms. The first-order valence-electron chi connectivity index (χ1n) is 7.19. The van der Waals surface area contributed by atoms with Gasteiger partial charge in [0.15, 0.2) is 0 Å². The Morgan fingerprint density at radius 1 is 1.26 bits per heavy atom. The summed E-state index contributed by atoms with van der Waals surface area (Å²) in [6.07, 6.45) is 0.747. The third kappa shape index (κ3) is 2.29. The van der Waals surface area contributed by atoms with Crippen LogP contribution in [0.25, 0.3) is 0 Å². The maximum Gasteiger partial charge on any atom is 0.310 e. The molecule has 122 valence electrons. The van der Waals surface area contributed by atoms with Crippen LogP contribution in [-0.4, -0.2) is 22.8 Å². The maximum atomic E-state index is 12.8. The lowest BCUT2D eigenvalue weighted by Gasteiger charge is -2.27. The number of nitrogens with one attached hydrogen (secondary N) is 1. The summed E-state index contributed by atoms with van der Waals surface area (Å²) in [6.45, 7) is 0. The zero-order valence-electron chi connectivity index (χ0n) is 11.6. The molecule has 0 unspecified atom stereocenters. The Morgan fingerprint density at radius 3 is 2.74 bits per heavy atom. The summed E-state index contributed by atoms with van der Waals surface area (Å²) in [5, 5.41) is 3.45. The molecule has 4 nitrogen and oxygen atoms in total. The molecule has 4 rings (SSSR count). The number of rotatable bonds is 2. The van der Waals surface area contributed by atoms with Crippen molar-refractivity contribution in [3.8, 4) is 0 Å². The minimum Gasteiger partial charge on any atom is -0.461 e. The van der Waals surface area contributed by atoms with Crippen LogP contribution in [0.15, 0.2) is 16.6 Å². The Balaban J connectivity index is 1.61. The standard InChI is InChI=1S/C15H11Br2Cl2NO3/c16-6-1-2-7(12(19)11(6)18)20-14(21)8-4-3-5-9(8)15(22)23-13(5)10(4)17/h1-2,4-5,8-10,13H,3H2,(H,20,21)/t4-,5-,8-,9-,10+,13+/m1/s1. The zero-order valence-corrected chi connectivity index (χ0v) is 16.2. The lowest BCUT2D eigenvalue weighted by Crippen LogP contribution is -2.40. The van der Waals surface area contributed by atoms with E-state index in [2.05, 4.69) is 37.2 Å². The Morgan fingerprint density at radius 2 is 2.00 bits per heavy atom. The second-order valence-electron chi connectivity index (χ2n) is 6.17. The van der Waals surface area contributed by atoms with E-state index in [-0.39, 0.29) is 45.6 Å². The summed E-state index contributed by atoms with van der Waals surface area (Å²) in [5.41, 5.74) is 0.446. The van der Waals surface area contributed by atoms with Gasteiger partial charge in [0.1, 0.15) is 6.10 Å². The van der Waals surface area contributed by atoms with Gasteiger partial charge >= 0.3 is 5.97 Å². The number of carbonyl (C=O) groups excluding carboxylic acids is 2. The van der Waals surface area contributed by atoms with Crippen molar-refractivity contribution in [2.75, 3.05) is 5.32 Å². The lowest BCUT2D eigenvalue weighted by molar-refractivity contribution is -0.145. The molecule has 0 radical (unpaired) electrons. The van der Waals surface area contributed by atoms with Gasteiger partial charge in [-0.15, -0.1) is 0 Å². The van der Waals surface area contributed by atoms with Crippen LogP contribution in [0.1, 0.15) is 6.42 Å². The zero-order chi connectivity index (χ0) is 16.5. The fourth-order valence-corrected chi connectivity index (χ4v) is 6.03. The lowest BCUT2D eigenvalue weighted by atomic mass is 9.79. The van der Waals surface area contributed by atoms with Crippen LogP contribution >= 0.6 is 55.1 Å². The van der Waals surface area contributed by atoms with E-state index in [9.17, 15) is 9.59 Å². The molecule has 6 atom stereocenters. The number of benzene rings is 1. The van der Waals surface area contributed by atoms with E-state index < -0.39 is 5.92 Å². The third-order valence-corrected chi connectivity index (χ3v) is 8.09. The van der Waals surface area contributed by atoms with Gasteiger partial charge in [0, 0.05) is 10.4 Å². The van der Waals surface area contributed by atoms with E-state index in [1.165, 1.54) is 0 Å². The number of hydrogen-bond acceptors (Lipinski definition) is 3. The molecule has 23 heavy (non-hydrogen) atoms. The second kappa shape index (κ2) is 5.61. The molecular weight excluding hydrogens is 473 g/mol. The molecule has 3 aliphatic rings. The topological polar surface area (TPSA) is 55.4 Å². The quantitative estimate of drug-likeness (QED) is 0.388. The number of ether oxygens (including phenoxy) is 1. The Hall–Kier alpha value is -0.300. The highest BCUT2D eigenvalue weighted by Crippen LogP contribution is 2.60. The number of esters is 1. The van der Waals surface area contributed by atoms with Gasteiger partial charge in [-0.2, -0.15) is 0 Å². The molecule has 0 aromatic heterocycles. The number of hydrogen-bond donors (Lipinski definition) is 1. The smallest absolute Gasteiger partial charge is 0.310 e. The summed E-state index contributed by atoms with van der Waals surface area (Å²) in [6, 6.07) is 3.41. The van der Waals surface area contributed by atoms with E-state index in [0.717, 1.165) is 6.42 Å². The molecule has 2 aliphatic carbocycles. The minimum atomic E-state index is -0.394. The van der Waals surface area contributed by atoms with E-state index in [1.54, 1.807) is 12.1 Å². The Bertz CT molecular complexity index is 729. The van der Waals surface area contributed by atoms with Crippen LogP contribution in [-0.2, 0) is 14.3 Å². The van der Waals surface area contributed by atoms with Gasteiger partial charge < -0.3 is 10.1 Å². The summed E-state index contributed by atoms with van der Waals surface area (Å²) < 4.78 is 6.08. The molecule has 1 heterocycles. The molecular formula is C15H11Br2Cl2NO3. The second-order valence-corrected chi connectivity index (χ2v) is 8.84. The monoisotopic (exact) mass is 481 g/mol. The van der Waals surface area contributed by atoms with E-state index in [1.807, 2.05) is 0 Å². The fourth-order valence-electron chi connectivity index (χ4n) is 4.17. The van der Waals surface area contributed by atoms with Gasteiger partial charge in [0.2, 0.25) is 5.91 Å². The number of halogens is 4. The van der Waals surface area contributed by atoms with Crippen molar-refractivity contribution in [3.05, 3.63) is 26.7 Å². The van der Waals surface area contributed by atoms with Crippen LogP contribution in [0.3, 0.4) is 0 Å². The highest BCUT2D eigenvalue weighted by atomic mass is 79.9. The van der Waals surface area contributed by atoms with E-state index in [0.29, 0.717) is 15.2 Å². The number of amides is 1. The van der Waals surface area contributed by atoms with Crippen LogP contribution in [0.4, 0.5) is 5.69 Å². The third-order valence-electron chi connectivity index (χ3n) is 5.12. The Kier molecular flexibility index (Phi) is 3.95. The molecule has 2 saturated carbocycles. The van der Waals surface area contributed by atoms with Crippen molar-refractivity contribution in [1.29, 1.82) is 0 Å². The van der Waals surface area contributed by atoms with Crippen molar-refractivity contribution in [2.24, 2.45) is 23.7 Å². The highest BCUT2D eigenvalue weighted by Gasteiger charge is 2.67. The summed E-state index contributed by atoms with van der Waals surface area (Å²) >= 11 is 19.2. The maximum absolute atomic E-state index is 12.8. The molecule has 3 fully saturated rings. The Labute approximate surface area is 159 Å². The predicted octanol–water partition coefficient (Wildman–Crippen LogP) is 4.27. The van der Waals surface area contributed by atoms with Crippen molar-refractivity contribution in [3.63, 3.8) is 0 Å². The predicted molar refractivity (Wildman–Crippen MR) is 94.0 cm³/mol. The van der Waals surface area contributed by atoms with Gasteiger partial charge in [-0.3, -0.25) is 9.59 Å². The van der Waals surface area contributed by atoms with Crippen molar-refractivity contribution in [1.82, 2.24) is 0 Å². The average Bonchev–Trinajstić information content (AvgIpc) is 3.12. The van der Waals surface area contributed by atoms with Crippen LogP contribution in [0.5, 0.6) is 0 Å². The first-order chi connectivity index (χ1) is 10.9. The molecule has 1 saturated heterocycles. The molecule has 1 aromatic rings. The van der Waals surface area contributed by atoms with Crippen molar-refractivity contribution >= 4 is 72.6 Å². The van der Waals surface area contributed by atoms with Crippen molar-refractivity contribution < 1.29 is 14.3 Å². The normalized spacial score (nSPS) is 37.1. The minimum absolute atomic E-state index is 0.0370. The molecule has 1 N–H and O–H groups in total. The molecule has 1 aromatic carbocycles. The van der Waals surface area contributed by atoms with Crippen LogP contribution in [0.2, 0.25) is 10.0 Å². The average molecular weight is 484 g/mol. The van der Waals surface area contributed by atoms with E-state index >= 15 is 0 Å². The number of fused-ring (bicyclic) bond motifs is 1. The van der Waals surface area contributed by atoms with Gasteiger partial charge in [-0.05, 0) is 40.4 Å². The van der Waals surface area contributed by atoms with Crippen LogP contribution in [0, 0.1) is 23.7 Å². The number of anilines is 1. The highest BCUT2D eigenvalue weighted by molar-refractivity contribution is 9.10. The molecule has 2 bridgehead atoms. The SMILES string of the molecule is O=C(Nc1ccc(Br)c(Cl)c1Cl)[C@@H]1[C@H]2C[C@H]3[C@H](OC(=O)[C@H]31)[C@H]2Br. The van der Waals surface area contributed by atoms with Gasteiger partial charge in [-0.1, -0.05) is 39.1 Å². The number of alkyl halides is 1. The molecule has 1 amide bonds.